The highest BCUT2D eigenvalue weighted by Gasteiger charge is 2.18. The van der Waals surface area contributed by atoms with Crippen LogP contribution in [0.25, 0.3) is 22.6 Å². The molecular weight excluding hydrogens is 292 g/mol. The van der Waals surface area contributed by atoms with E-state index in [-0.39, 0.29) is 0 Å². The third-order valence-electron chi connectivity index (χ3n) is 3.69. The maximum atomic E-state index is 4.84. The van der Waals surface area contributed by atoms with Crippen LogP contribution in [0.15, 0.2) is 41.3 Å². The molecule has 1 aromatic carbocycles. The van der Waals surface area contributed by atoms with Gasteiger partial charge >= 0.3 is 0 Å². The molecule has 23 heavy (non-hydrogen) atoms. The molecule has 0 fully saturated rings. The average Bonchev–Trinajstić information content (AvgIpc) is 3.13. The Morgan fingerprint density at radius 3 is 2.57 bits per heavy atom. The highest BCUT2D eigenvalue weighted by Crippen LogP contribution is 2.26. The summed E-state index contributed by atoms with van der Waals surface area (Å²) in [5, 5.41) is 7.86. The lowest BCUT2D eigenvalue weighted by molar-refractivity contribution is 0.305. The van der Waals surface area contributed by atoms with Crippen LogP contribution in [0.1, 0.15) is 17.1 Å². The third kappa shape index (κ3) is 2.36. The molecule has 0 amide bonds. The van der Waals surface area contributed by atoms with E-state index in [9.17, 15) is 0 Å². The Morgan fingerprint density at radius 1 is 1.04 bits per heavy atom. The van der Waals surface area contributed by atoms with Gasteiger partial charge in [-0.3, -0.25) is 0 Å². The van der Waals surface area contributed by atoms with Crippen LogP contribution in [0.2, 0.25) is 0 Å². The van der Waals surface area contributed by atoms with Crippen molar-refractivity contribution in [2.45, 2.75) is 20.4 Å². The van der Waals surface area contributed by atoms with Gasteiger partial charge in [0.2, 0.25) is 0 Å². The molecule has 0 spiro atoms. The van der Waals surface area contributed by atoms with Crippen LogP contribution in [-0.2, 0) is 6.54 Å². The SMILES string of the molecule is Cc1ncc(Cn2c(-c3nonc3C)nc3ccccc32)cn1. The van der Waals surface area contributed by atoms with E-state index in [1.54, 1.807) is 0 Å². The van der Waals surface area contributed by atoms with Gasteiger partial charge in [-0.15, -0.1) is 0 Å². The lowest BCUT2D eigenvalue weighted by Gasteiger charge is -2.07. The zero-order valence-electron chi connectivity index (χ0n) is 12.8. The van der Waals surface area contributed by atoms with E-state index < -0.39 is 0 Å². The second-order valence-electron chi connectivity index (χ2n) is 5.35. The molecule has 0 aliphatic carbocycles. The topological polar surface area (TPSA) is 82.5 Å². The summed E-state index contributed by atoms with van der Waals surface area (Å²) in [7, 11) is 0. The first-order valence-electron chi connectivity index (χ1n) is 7.24. The van der Waals surface area contributed by atoms with E-state index in [0.29, 0.717) is 17.9 Å². The van der Waals surface area contributed by atoms with Crippen molar-refractivity contribution in [1.82, 2.24) is 29.8 Å². The molecule has 0 bridgehead atoms. The van der Waals surface area contributed by atoms with E-state index in [4.69, 9.17) is 4.63 Å². The molecule has 0 unspecified atom stereocenters. The lowest BCUT2D eigenvalue weighted by atomic mass is 10.2. The fourth-order valence-electron chi connectivity index (χ4n) is 2.53. The Kier molecular flexibility index (Phi) is 3.11. The largest absolute Gasteiger partial charge is 0.318 e. The zero-order chi connectivity index (χ0) is 15.8. The number of aromatic nitrogens is 6. The van der Waals surface area contributed by atoms with Gasteiger partial charge in [0.15, 0.2) is 11.5 Å². The predicted molar refractivity (Wildman–Crippen MR) is 83.6 cm³/mol. The molecule has 4 aromatic rings. The fourth-order valence-corrected chi connectivity index (χ4v) is 2.53. The van der Waals surface area contributed by atoms with Crippen molar-refractivity contribution in [3.8, 4) is 11.5 Å². The number of aryl methyl sites for hydroxylation is 2. The Labute approximate surface area is 132 Å². The second kappa shape index (κ2) is 5.28. The van der Waals surface area contributed by atoms with Crippen LogP contribution in [0.5, 0.6) is 0 Å². The first kappa shape index (κ1) is 13.6. The molecule has 0 atom stereocenters. The van der Waals surface area contributed by atoms with Gasteiger partial charge in [0, 0.05) is 18.0 Å². The number of rotatable bonds is 3. The minimum absolute atomic E-state index is 0.600. The number of para-hydroxylation sites is 2. The lowest BCUT2D eigenvalue weighted by Crippen LogP contribution is -2.04. The highest BCUT2D eigenvalue weighted by atomic mass is 16.6. The van der Waals surface area contributed by atoms with Crippen molar-refractivity contribution in [3.63, 3.8) is 0 Å². The van der Waals surface area contributed by atoms with Gasteiger partial charge in [0.05, 0.1) is 17.6 Å². The third-order valence-corrected chi connectivity index (χ3v) is 3.69. The van der Waals surface area contributed by atoms with Crippen LogP contribution < -0.4 is 0 Å². The summed E-state index contributed by atoms with van der Waals surface area (Å²) < 4.78 is 6.92. The Hall–Kier alpha value is -3.09. The van der Waals surface area contributed by atoms with Gasteiger partial charge in [-0.25, -0.2) is 19.6 Å². The van der Waals surface area contributed by atoms with Crippen LogP contribution in [0.4, 0.5) is 0 Å². The van der Waals surface area contributed by atoms with Gasteiger partial charge in [-0.2, -0.15) is 0 Å². The van der Waals surface area contributed by atoms with E-state index in [1.165, 1.54) is 0 Å². The highest BCUT2D eigenvalue weighted by molar-refractivity contribution is 5.80. The molecule has 0 saturated carbocycles. The van der Waals surface area contributed by atoms with Crippen molar-refractivity contribution in [3.05, 3.63) is 53.7 Å². The first-order chi connectivity index (χ1) is 11.2. The average molecular weight is 306 g/mol. The van der Waals surface area contributed by atoms with Gasteiger partial charge in [-0.1, -0.05) is 17.3 Å². The minimum atomic E-state index is 0.600. The molecule has 7 heteroatoms. The number of imidazole rings is 1. The Morgan fingerprint density at radius 2 is 1.83 bits per heavy atom. The summed E-state index contributed by atoms with van der Waals surface area (Å²) in [5.74, 6) is 1.48. The van der Waals surface area contributed by atoms with Crippen molar-refractivity contribution < 1.29 is 4.63 Å². The molecule has 0 aliphatic rings. The van der Waals surface area contributed by atoms with Gasteiger partial charge in [0.1, 0.15) is 11.5 Å². The number of benzene rings is 1. The number of hydrogen-bond donors (Lipinski definition) is 0. The van der Waals surface area contributed by atoms with Gasteiger partial charge in [-0.05, 0) is 31.1 Å². The quantitative estimate of drug-likeness (QED) is 0.578. The zero-order valence-corrected chi connectivity index (χ0v) is 12.8. The Bertz CT molecular complexity index is 970. The van der Waals surface area contributed by atoms with Crippen LogP contribution in [0.3, 0.4) is 0 Å². The molecule has 0 saturated heterocycles. The maximum Gasteiger partial charge on any atom is 0.173 e. The van der Waals surface area contributed by atoms with E-state index in [1.807, 2.05) is 50.5 Å². The molecule has 4 rings (SSSR count). The molecule has 0 N–H and O–H groups in total. The summed E-state index contributed by atoms with van der Waals surface area (Å²) >= 11 is 0. The molecule has 114 valence electrons. The van der Waals surface area contributed by atoms with E-state index >= 15 is 0 Å². The van der Waals surface area contributed by atoms with Crippen LogP contribution in [-0.4, -0.2) is 29.8 Å². The summed E-state index contributed by atoms with van der Waals surface area (Å²) in [6.45, 7) is 4.32. The maximum absolute atomic E-state index is 4.84. The number of hydrogen-bond acceptors (Lipinski definition) is 6. The minimum Gasteiger partial charge on any atom is -0.318 e. The summed E-state index contributed by atoms with van der Waals surface area (Å²) in [4.78, 5) is 13.2. The van der Waals surface area contributed by atoms with E-state index in [2.05, 4.69) is 29.8 Å². The molecule has 3 aromatic heterocycles. The van der Waals surface area contributed by atoms with Gasteiger partial charge in [0.25, 0.3) is 0 Å². The summed E-state index contributed by atoms with van der Waals surface area (Å²) in [6, 6.07) is 7.96. The van der Waals surface area contributed by atoms with Crippen LogP contribution in [0, 0.1) is 13.8 Å². The van der Waals surface area contributed by atoms with E-state index in [0.717, 1.165) is 28.2 Å². The molecule has 0 radical (unpaired) electrons. The fraction of sp³-hybridized carbons (Fsp3) is 0.188. The monoisotopic (exact) mass is 306 g/mol. The molecule has 0 aliphatic heterocycles. The first-order valence-corrected chi connectivity index (χ1v) is 7.24. The Balaban J connectivity index is 1.89. The number of fused-ring (bicyclic) bond motifs is 1. The van der Waals surface area contributed by atoms with Crippen molar-refractivity contribution >= 4 is 11.0 Å². The number of nitrogens with zero attached hydrogens (tertiary/aromatic N) is 6. The summed E-state index contributed by atoms with van der Waals surface area (Å²) in [5.41, 5.74) is 4.27. The summed E-state index contributed by atoms with van der Waals surface area (Å²) in [6.07, 6.45) is 3.66. The van der Waals surface area contributed by atoms with Crippen molar-refractivity contribution in [2.24, 2.45) is 0 Å². The van der Waals surface area contributed by atoms with Gasteiger partial charge < -0.3 is 4.57 Å². The molecule has 7 nitrogen and oxygen atoms in total. The smallest absolute Gasteiger partial charge is 0.173 e. The van der Waals surface area contributed by atoms with Crippen molar-refractivity contribution in [2.75, 3.05) is 0 Å². The predicted octanol–water partition coefficient (Wildman–Crippen LogP) is 2.54. The second-order valence-corrected chi connectivity index (χ2v) is 5.35. The molecule has 3 heterocycles. The van der Waals surface area contributed by atoms with Crippen molar-refractivity contribution in [1.29, 1.82) is 0 Å². The normalized spacial score (nSPS) is 11.2. The van der Waals surface area contributed by atoms with Crippen LogP contribution >= 0.6 is 0 Å². The molecular formula is C16H14N6O. The standard InChI is InChI=1S/C16H14N6O/c1-10-15(21-23-20-10)16-19-13-5-3-4-6-14(13)22(16)9-12-7-17-11(2)18-8-12/h3-8H,9H2,1-2H3.